The van der Waals surface area contributed by atoms with Gasteiger partial charge in [-0.15, -0.1) is 11.3 Å². The number of hydrogen-bond acceptors (Lipinski definition) is 8. The summed E-state index contributed by atoms with van der Waals surface area (Å²) in [7, 11) is -2.62. The minimum absolute atomic E-state index is 0.0573. The Labute approximate surface area is 130 Å². The number of nitrogen functional groups attached to an aromatic ring is 1. The lowest BCUT2D eigenvalue weighted by Gasteiger charge is -2.15. The number of hydrogen-bond donors (Lipinski definition) is 1. The Morgan fingerprint density at radius 3 is 2.95 bits per heavy atom. The number of sulfonamides is 1. The van der Waals surface area contributed by atoms with Gasteiger partial charge in [-0.1, -0.05) is 0 Å². The van der Waals surface area contributed by atoms with E-state index < -0.39 is 16.0 Å². The molecule has 2 aromatic rings. The predicted molar refractivity (Wildman–Crippen MR) is 78.5 cm³/mol. The fourth-order valence-electron chi connectivity index (χ4n) is 2.19. The number of nitrogens with two attached hydrogens (primary N) is 1. The minimum Gasteiger partial charge on any atom is -0.465 e. The molecule has 1 aliphatic rings. The highest BCUT2D eigenvalue weighted by Gasteiger charge is 2.35. The Hall–Kier alpha value is -2.04. The summed E-state index contributed by atoms with van der Waals surface area (Å²) in [4.78, 5) is 19.6. The first-order valence-electron chi connectivity index (χ1n) is 6.19. The molecule has 1 aliphatic heterocycles. The Bertz CT molecular complexity index is 847. The van der Waals surface area contributed by atoms with E-state index in [1.807, 2.05) is 0 Å². The van der Waals surface area contributed by atoms with Crippen molar-refractivity contribution in [2.45, 2.75) is 18.0 Å². The van der Waals surface area contributed by atoms with Crippen molar-refractivity contribution in [3.63, 3.8) is 0 Å². The molecule has 0 bridgehead atoms. The normalized spacial score (nSPS) is 14.8. The summed E-state index contributed by atoms with van der Waals surface area (Å²) < 4.78 is 31.3. The van der Waals surface area contributed by atoms with Gasteiger partial charge in [-0.05, 0) is 11.4 Å². The molecular weight excluding hydrogens is 328 g/mol. The number of rotatable bonds is 3. The van der Waals surface area contributed by atoms with Crippen LogP contribution < -0.4 is 5.73 Å². The van der Waals surface area contributed by atoms with Gasteiger partial charge >= 0.3 is 5.97 Å². The highest BCUT2D eigenvalue weighted by molar-refractivity contribution is 7.89. The molecule has 0 saturated carbocycles. The number of fused-ring (bicyclic) bond motifs is 1. The van der Waals surface area contributed by atoms with E-state index in [1.54, 1.807) is 5.38 Å². The van der Waals surface area contributed by atoms with Gasteiger partial charge in [0.25, 0.3) is 0 Å². The molecule has 3 rings (SSSR count). The molecule has 0 saturated heterocycles. The Kier molecular flexibility index (Phi) is 3.59. The van der Waals surface area contributed by atoms with E-state index >= 15 is 0 Å². The summed E-state index contributed by atoms with van der Waals surface area (Å²) in [5.41, 5.74) is 6.79. The molecule has 0 aliphatic carbocycles. The molecule has 2 aromatic heterocycles. The predicted octanol–water partition coefficient (Wildman–Crippen LogP) is 0.611. The highest BCUT2D eigenvalue weighted by Crippen LogP contribution is 2.31. The minimum atomic E-state index is -3.83. The molecule has 0 atom stereocenters. The molecule has 116 valence electrons. The average Bonchev–Trinajstić information content (AvgIpc) is 3.12. The van der Waals surface area contributed by atoms with Crippen LogP contribution in [0.3, 0.4) is 0 Å². The number of carbonyl (C=O) groups excluding carboxylic acids is 1. The highest BCUT2D eigenvalue weighted by atomic mass is 32.2. The summed E-state index contributed by atoms with van der Waals surface area (Å²) in [6, 6.07) is 1.40. The van der Waals surface area contributed by atoms with E-state index in [0.717, 1.165) is 11.3 Å². The van der Waals surface area contributed by atoms with Gasteiger partial charge in [0.1, 0.15) is 9.77 Å². The number of carbonyl (C=O) groups is 1. The quantitative estimate of drug-likeness (QED) is 0.814. The molecule has 0 amide bonds. The van der Waals surface area contributed by atoms with Gasteiger partial charge in [0.2, 0.25) is 16.0 Å². The van der Waals surface area contributed by atoms with Gasteiger partial charge in [0.05, 0.1) is 19.3 Å². The van der Waals surface area contributed by atoms with E-state index in [4.69, 9.17) is 5.73 Å². The van der Waals surface area contributed by atoms with Gasteiger partial charge in [-0.3, -0.25) is 0 Å². The van der Waals surface area contributed by atoms with Crippen molar-refractivity contribution in [3.05, 3.63) is 33.8 Å². The number of nitrogens with zero attached hydrogens (tertiary/aromatic N) is 3. The maximum atomic E-state index is 12.7. The first-order chi connectivity index (χ1) is 10.4. The third kappa shape index (κ3) is 2.34. The summed E-state index contributed by atoms with van der Waals surface area (Å²) >= 11 is 1.03. The lowest BCUT2D eigenvalue weighted by molar-refractivity contribution is 0.0602. The maximum absolute atomic E-state index is 12.7. The summed E-state index contributed by atoms with van der Waals surface area (Å²) in [5, 5.41) is 1.54. The lowest BCUT2D eigenvalue weighted by atomic mass is 10.3. The zero-order chi connectivity index (χ0) is 15.9. The Balaban J connectivity index is 1.96. The van der Waals surface area contributed by atoms with E-state index in [0.29, 0.717) is 11.3 Å². The lowest BCUT2D eigenvalue weighted by Crippen LogP contribution is -2.26. The fourth-order valence-corrected chi connectivity index (χ4v) is 4.88. The van der Waals surface area contributed by atoms with Gasteiger partial charge in [0.15, 0.2) is 0 Å². The van der Waals surface area contributed by atoms with E-state index in [1.165, 1.54) is 23.7 Å². The molecule has 0 unspecified atom stereocenters. The fraction of sp³-hybridized carbons (Fsp3) is 0.250. The van der Waals surface area contributed by atoms with Crippen molar-refractivity contribution in [1.82, 2.24) is 14.3 Å². The number of aromatic nitrogens is 2. The SMILES string of the molecule is COC(=O)c1sccc1S(=O)(=O)N1Cc2cnc(N)nc2C1. The van der Waals surface area contributed by atoms with E-state index in [9.17, 15) is 13.2 Å². The Morgan fingerprint density at radius 1 is 1.45 bits per heavy atom. The van der Waals surface area contributed by atoms with Crippen molar-refractivity contribution < 1.29 is 17.9 Å². The topological polar surface area (TPSA) is 115 Å². The van der Waals surface area contributed by atoms with E-state index in [2.05, 4.69) is 14.7 Å². The van der Waals surface area contributed by atoms with E-state index in [-0.39, 0.29) is 28.8 Å². The van der Waals surface area contributed by atoms with Crippen molar-refractivity contribution >= 4 is 33.3 Å². The van der Waals surface area contributed by atoms with Crippen LogP contribution in [0.25, 0.3) is 0 Å². The average molecular weight is 340 g/mol. The first-order valence-corrected chi connectivity index (χ1v) is 8.51. The van der Waals surface area contributed by atoms with Gasteiger partial charge in [-0.2, -0.15) is 4.31 Å². The van der Waals surface area contributed by atoms with Crippen LogP contribution in [0.15, 0.2) is 22.5 Å². The van der Waals surface area contributed by atoms with Crippen molar-refractivity contribution in [2.75, 3.05) is 12.8 Å². The second-order valence-corrected chi connectivity index (χ2v) is 7.40. The third-order valence-corrected chi connectivity index (χ3v) is 6.12. The molecule has 3 heterocycles. The van der Waals surface area contributed by atoms with Gasteiger partial charge in [-0.25, -0.2) is 23.2 Å². The zero-order valence-electron chi connectivity index (χ0n) is 11.5. The van der Waals surface area contributed by atoms with Crippen LogP contribution in [-0.4, -0.2) is 35.8 Å². The monoisotopic (exact) mass is 340 g/mol. The largest absolute Gasteiger partial charge is 0.465 e. The molecule has 8 nitrogen and oxygen atoms in total. The summed E-state index contributed by atoms with van der Waals surface area (Å²) in [6.07, 6.45) is 1.52. The third-order valence-electron chi connectivity index (χ3n) is 3.26. The van der Waals surface area contributed by atoms with Gasteiger partial charge < -0.3 is 10.5 Å². The molecule has 22 heavy (non-hydrogen) atoms. The second kappa shape index (κ2) is 5.30. The van der Waals surface area contributed by atoms with Crippen LogP contribution in [0.4, 0.5) is 5.95 Å². The molecule has 0 fully saturated rings. The molecular formula is C12H12N4O4S2. The van der Waals surface area contributed by atoms with Crippen molar-refractivity contribution in [2.24, 2.45) is 0 Å². The second-order valence-electron chi connectivity index (χ2n) is 4.58. The van der Waals surface area contributed by atoms with Crippen LogP contribution in [0.1, 0.15) is 20.9 Å². The van der Waals surface area contributed by atoms with Crippen LogP contribution in [0.5, 0.6) is 0 Å². The molecule has 0 radical (unpaired) electrons. The van der Waals surface area contributed by atoms with Crippen molar-refractivity contribution in [1.29, 1.82) is 0 Å². The zero-order valence-corrected chi connectivity index (χ0v) is 13.1. The first kappa shape index (κ1) is 14.9. The number of methoxy groups -OCH3 is 1. The molecule has 0 aromatic carbocycles. The summed E-state index contributed by atoms with van der Waals surface area (Å²) in [6.45, 7) is 0.245. The summed E-state index contributed by atoms with van der Waals surface area (Å²) in [5.74, 6) is -0.571. The number of thiophene rings is 1. The van der Waals surface area contributed by atoms with Crippen LogP contribution in [-0.2, 0) is 27.8 Å². The van der Waals surface area contributed by atoms with Crippen molar-refractivity contribution in [3.8, 4) is 0 Å². The standard InChI is InChI=1S/C12H12N4O4S2/c1-20-11(17)10-9(2-3-21-10)22(18,19)16-5-7-4-14-12(13)15-8(7)6-16/h2-4H,5-6H2,1H3,(H2,13,14,15). The van der Waals surface area contributed by atoms with Crippen LogP contribution >= 0.6 is 11.3 Å². The smallest absolute Gasteiger partial charge is 0.349 e. The molecule has 10 heteroatoms. The Morgan fingerprint density at radius 2 is 2.23 bits per heavy atom. The number of anilines is 1. The molecule has 2 N–H and O–H groups in total. The number of esters is 1. The van der Waals surface area contributed by atoms with Crippen LogP contribution in [0.2, 0.25) is 0 Å². The van der Waals surface area contributed by atoms with Crippen LogP contribution in [0, 0.1) is 0 Å². The van der Waals surface area contributed by atoms with Gasteiger partial charge in [0, 0.05) is 18.3 Å². The molecule has 0 spiro atoms. The number of ether oxygens (including phenoxy) is 1. The maximum Gasteiger partial charge on any atom is 0.349 e.